The Kier molecular flexibility index (Phi) is 5.32. The number of nitrogens with zero attached hydrogens (tertiary/aromatic N) is 2. The number of fused-ring (bicyclic) bond motifs is 3. The van der Waals surface area contributed by atoms with Crippen LogP contribution in [-0.4, -0.2) is 62.2 Å². The maximum atomic E-state index is 6.24. The molecule has 1 saturated carbocycles. The molecule has 2 aliphatic heterocycles. The molecule has 0 N–H and O–H groups in total. The van der Waals surface area contributed by atoms with Crippen LogP contribution in [0.25, 0.3) is 21.9 Å². The molecule has 0 bridgehead atoms. The van der Waals surface area contributed by atoms with Crippen LogP contribution in [0.15, 0.2) is 53.1 Å². The van der Waals surface area contributed by atoms with Gasteiger partial charge in [-0.15, -0.1) is 0 Å². The van der Waals surface area contributed by atoms with E-state index in [0.717, 1.165) is 47.3 Å². The Morgan fingerprint density at radius 3 is 2.65 bits per heavy atom. The SMILES string of the molecule is COc1cc2c(Oc3ccc4cc(C)oc4c3)ccnc2cc1OCCN1CC2(CC2)C2(C1)OCCO2. The minimum atomic E-state index is -0.408. The van der Waals surface area contributed by atoms with Gasteiger partial charge in [-0.1, -0.05) is 0 Å². The molecule has 37 heavy (non-hydrogen) atoms. The van der Waals surface area contributed by atoms with Crippen molar-refractivity contribution in [2.75, 3.05) is 46.6 Å². The Morgan fingerprint density at radius 1 is 0.973 bits per heavy atom. The predicted octanol–water partition coefficient (Wildman–Crippen LogP) is 5.31. The zero-order valence-electron chi connectivity index (χ0n) is 21.1. The van der Waals surface area contributed by atoms with Crippen molar-refractivity contribution < 1.29 is 28.1 Å². The molecule has 0 radical (unpaired) electrons. The molecule has 2 aromatic carbocycles. The van der Waals surface area contributed by atoms with Crippen molar-refractivity contribution >= 4 is 21.9 Å². The Labute approximate surface area is 215 Å². The van der Waals surface area contributed by atoms with Crippen LogP contribution >= 0.6 is 0 Å². The third-order valence-corrected chi connectivity index (χ3v) is 7.87. The number of rotatable bonds is 7. The molecule has 2 aromatic heterocycles. The summed E-state index contributed by atoms with van der Waals surface area (Å²) >= 11 is 0. The van der Waals surface area contributed by atoms with Gasteiger partial charge in [-0.05, 0) is 50.1 Å². The molecule has 0 amide bonds. The van der Waals surface area contributed by atoms with E-state index in [2.05, 4.69) is 9.88 Å². The fraction of sp³-hybridized carbons (Fsp3) is 0.414. The number of furan rings is 1. The van der Waals surface area contributed by atoms with E-state index in [1.165, 1.54) is 12.8 Å². The molecule has 1 aliphatic carbocycles. The van der Waals surface area contributed by atoms with Crippen molar-refractivity contribution in [3.05, 3.63) is 54.4 Å². The summed E-state index contributed by atoms with van der Waals surface area (Å²) in [6.07, 6.45) is 4.09. The highest BCUT2D eigenvalue weighted by atomic mass is 16.7. The molecule has 192 valence electrons. The van der Waals surface area contributed by atoms with Gasteiger partial charge in [-0.2, -0.15) is 0 Å². The first-order valence-electron chi connectivity index (χ1n) is 12.8. The Balaban J connectivity index is 1.08. The number of pyridine rings is 1. The molecular weight excluding hydrogens is 472 g/mol. The summed E-state index contributed by atoms with van der Waals surface area (Å²) in [6, 6.07) is 13.5. The Morgan fingerprint density at radius 2 is 1.84 bits per heavy atom. The number of ether oxygens (including phenoxy) is 5. The lowest BCUT2D eigenvalue weighted by atomic mass is 10.00. The molecular formula is C29H30N2O6. The first kappa shape index (κ1) is 22.8. The molecule has 2 saturated heterocycles. The van der Waals surface area contributed by atoms with Crippen LogP contribution in [0.1, 0.15) is 18.6 Å². The maximum Gasteiger partial charge on any atom is 0.188 e. The molecule has 0 atom stereocenters. The molecule has 8 nitrogen and oxygen atoms in total. The number of aromatic nitrogens is 1. The van der Waals surface area contributed by atoms with Crippen molar-refractivity contribution in [1.29, 1.82) is 0 Å². The van der Waals surface area contributed by atoms with Gasteiger partial charge >= 0.3 is 0 Å². The highest BCUT2D eigenvalue weighted by Gasteiger charge is 2.67. The van der Waals surface area contributed by atoms with Crippen molar-refractivity contribution in [2.45, 2.75) is 25.6 Å². The third-order valence-electron chi connectivity index (χ3n) is 7.87. The number of hydrogen-bond donors (Lipinski definition) is 0. The van der Waals surface area contributed by atoms with Crippen LogP contribution in [0.5, 0.6) is 23.0 Å². The van der Waals surface area contributed by atoms with Gasteiger partial charge in [0.1, 0.15) is 29.4 Å². The second kappa shape index (κ2) is 8.62. The third kappa shape index (κ3) is 3.91. The van der Waals surface area contributed by atoms with Gasteiger partial charge in [0, 0.05) is 47.6 Å². The van der Waals surface area contributed by atoms with Crippen LogP contribution in [0, 0.1) is 12.3 Å². The van der Waals surface area contributed by atoms with Gasteiger partial charge in [-0.3, -0.25) is 9.88 Å². The summed E-state index contributed by atoms with van der Waals surface area (Å²) in [6.45, 7) is 6.45. The van der Waals surface area contributed by atoms with E-state index in [1.54, 1.807) is 13.3 Å². The summed E-state index contributed by atoms with van der Waals surface area (Å²) in [5, 5.41) is 1.89. The van der Waals surface area contributed by atoms with E-state index in [4.69, 9.17) is 28.1 Å². The van der Waals surface area contributed by atoms with E-state index in [-0.39, 0.29) is 5.41 Å². The molecule has 4 aromatic rings. The normalized spacial score (nSPS) is 19.8. The number of hydrogen-bond acceptors (Lipinski definition) is 8. The summed E-state index contributed by atoms with van der Waals surface area (Å²) in [7, 11) is 1.65. The first-order valence-corrected chi connectivity index (χ1v) is 12.8. The second-order valence-electron chi connectivity index (χ2n) is 10.3. The summed E-state index contributed by atoms with van der Waals surface area (Å²) in [5.74, 6) is 3.15. The average Bonchev–Trinajstić information content (AvgIpc) is 3.22. The zero-order valence-corrected chi connectivity index (χ0v) is 21.1. The predicted molar refractivity (Wildman–Crippen MR) is 138 cm³/mol. The van der Waals surface area contributed by atoms with Gasteiger partial charge in [0.15, 0.2) is 17.3 Å². The Bertz CT molecular complexity index is 1470. The minimum Gasteiger partial charge on any atom is -0.493 e. The highest BCUT2D eigenvalue weighted by Crippen LogP contribution is 2.61. The molecule has 8 heteroatoms. The largest absolute Gasteiger partial charge is 0.493 e. The molecule has 3 aliphatic rings. The van der Waals surface area contributed by atoms with Crippen LogP contribution in [0.4, 0.5) is 0 Å². The van der Waals surface area contributed by atoms with Crippen molar-refractivity contribution in [2.24, 2.45) is 5.41 Å². The number of likely N-dealkylation sites (tertiary alicyclic amines) is 1. The van der Waals surface area contributed by atoms with E-state index in [1.807, 2.05) is 49.4 Å². The number of aryl methyl sites for hydroxylation is 1. The molecule has 3 fully saturated rings. The summed E-state index contributed by atoms with van der Waals surface area (Å²) < 4.78 is 36.1. The van der Waals surface area contributed by atoms with Gasteiger partial charge < -0.3 is 28.1 Å². The second-order valence-corrected chi connectivity index (χ2v) is 10.3. The molecule has 0 unspecified atom stereocenters. The smallest absolute Gasteiger partial charge is 0.188 e. The standard InChI is InChI=1S/C29H30N2O6/c1-19-13-20-3-4-21(14-25(20)36-19)37-24-5-8-30-23-16-27(26(32-2)15-22(23)24)33-10-9-31-17-28(6-7-28)29(18-31)34-11-12-35-29/h3-5,8,13-16H,6-7,9-12,17-18H2,1-2H3. The van der Waals surface area contributed by atoms with E-state index in [9.17, 15) is 0 Å². The Hall–Kier alpha value is -3.33. The first-order chi connectivity index (χ1) is 18.1. The topological polar surface area (TPSA) is 75.4 Å². The van der Waals surface area contributed by atoms with Gasteiger partial charge in [0.25, 0.3) is 0 Å². The zero-order chi connectivity index (χ0) is 25.0. The lowest BCUT2D eigenvalue weighted by molar-refractivity contribution is -0.182. The lowest BCUT2D eigenvalue weighted by Gasteiger charge is -2.28. The van der Waals surface area contributed by atoms with Gasteiger partial charge in [0.2, 0.25) is 0 Å². The average molecular weight is 503 g/mol. The van der Waals surface area contributed by atoms with Crippen LogP contribution < -0.4 is 14.2 Å². The van der Waals surface area contributed by atoms with E-state index < -0.39 is 5.79 Å². The van der Waals surface area contributed by atoms with Gasteiger partial charge in [-0.25, -0.2) is 0 Å². The monoisotopic (exact) mass is 502 g/mol. The van der Waals surface area contributed by atoms with Crippen LogP contribution in [-0.2, 0) is 9.47 Å². The lowest BCUT2D eigenvalue weighted by Crippen LogP contribution is -2.41. The van der Waals surface area contributed by atoms with Crippen LogP contribution in [0.3, 0.4) is 0 Å². The summed E-state index contributed by atoms with van der Waals surface area (Å²) in [5.41, 5.74) is 1.74. The molecule has 2 spiro atoms. The quantitative estimate of drug-likeness (QED) is 0.337. The molecule has 7 rings (SSSR count). The van der Waals surface area contributed by atoms with E-state index >= 15 is 0 Å². The number of methoxy groups -OCH3 is 1. The molecule has 4 heterocycles. The fourth-order valence-electron chi connectivity index (χ4n) is 5.88. The van der Waals surface area contributed by atoms with Crippen molar-refractivity contribution in [3.8, 4) is 23.0 Å². The van der Waals surface area contributed by atoms with Crippen LogP contribution in [0.2, 0.25) is 0 Å². The van der Waals surface area contributed by atoms with Crippen molar-refractivity contribution in [3.63, 3.8) is 0 Å². The van der Waals surface area contributed by atoms with Crippen molar-refractivity contribution in [1.82, 2.24) is 9.88 Å². The minimum absolute atomic E-state index is 0.171. The highest BCUT2D eigenvalue weighted by molar-refractivity contribution is 5.88. The summed E-state index contributed by atoms with van der Waals surface area (Å²) in [4.78, 5) is 6.95. The van der Waals surface area contributed by atoms with E-state index in [0.29, 0.717) is 42.8 Å². The maximum absolute atomic E-state index is 6.24. The van der Waals surface area contributed by atoms with Gasteiger partial charge in [0.05, 0.1) is 32.4 Å². The number of benzene rings is 2. The fourth-order valence-corrected chi connectivity index (χ4v) is 5.88.